The SMILES string of the molecule is CCOC(=O)C(Cc1ccc(OCCN(C)C2c3ccc(C)cc3CCc3ccc(CC)cc32)cc1)OC. The predicted molar refractivity (Wildman–Crippen MR) is 152 cm³/mol. The molecule has 1 aliphatic rings. The first-order valence-corrected chi connectivity index (χ1v) is 13.8. The minimum atomic E-state index is -0.599. The largest absolute Gasteiger partial charge is 0.492 e. The van der Waals surface area contributed by atoms with E-state index in [9.17, 15) is 4.79 Å². The fourth-order valence-electron chi connectivity index (χ4n) is 5.35. The van der Waals surface area contributed by atoms with Crippen LogP contribution in [0, 0.1) is 6.92 Å². The predicted octanol–water partition coefficient (Wildman–Crippen LogP) is 5.88. The summed E-state index contributed by atoms with van der Waals surface area (Å²) in [6.45, 7) is 7.92. The number of ether oxygens (including phenoxy) is 3. The maximum Gasteiger partial charge on any atom is 0.335 e. The van der Waals surface area contributed by atoms with E-state index in [1.807, 2.05) is 24.3 Å². The number of aryl methyl sites for hydroxylation is 4. The van der Waals surface area contributed by atoms with E-state index in [-0.39, 0.29) is 12.0 Å². The summed E-state index contributed by atoms with van der Waals surface area (Å²) >= 11 is 0. The van der Waals surface area contributed by atoms with Gasteiger partial charge in [0.25, 0.3) is 0 Å². The van der Waals surface area contributed by atoms with E-state index in [1.54, 1.807) is 6.92 Å². The van der Waals surface area contributed by atoms with E-state index in [1.165, 1.54) is 40.5 Å². The minimum Gasteiger partial charge on any atom is -0.492 e. The Balaban J connectivity index is 1.44. The molecule has 3 aromatic carbocycles. The Hall–Kier alpha value is -3.15. The van der Waals surface area contributed by atoms with Crippen molar-refractivity contribution in [1.82, 2.24) is 4.90 Å². The molecule has 0 spiro atoms. The molecule has 2 unspecified atom stereocenters. The Morgan fingerprint density at radius 2 is 1.68 bits per heavy atom. The zero-order chi connectivity index (χ0) is 27.1. The van der Waals surface area contributed by atoms with Gasteiger partial charge in [-0.3, -0.25) is 4.90 Å². The summed E-state index contributed by atoms with van der Waals surface area (Å²) in [5.74, 6) is 0.485. The number of carbonyl (C=O) groups excluding carboxylic acids is 1. The fraction of sp³-hybridized carbons (Fsp3) is 0.424. The van der Waals surface area contributed by atoms with Gasteiger partial charge in [-0.2, -0.15) is 0 Å². The van der Waals surface area contributed by atoms with Crippen LogP contribution in [0.1, 0.15) is 58.8 Å². The summed E-state index contributed by atoms with van der Waals surface area (Å²) in [7, 11) is 3.74. The fourth-order valence-corrected chi connectivity index (χ4v) is 5.35. The molecule has 0 aromatic heterocycles. The van der Waals surface area contributed by atoms with Crippen LogP contribution < -0.4 is 4.74 Å². The summed E-state index contributed by atoms with van der Waals surface area (Å²) in [4.78, 5) is 14.5. The van der Waals surface area contributed by atoms with Crippen LogP contribution in [0.2, 0.25) is 0 Å². The molecule has 5 heteroatoms. The van der Waals surface area contributed by atoms with Gasteiger partial charge in [0.2, 0.25) is 0 Å². The number of carbonyl (C=O) groups is 1. The third-order valence-corrected chi connectivity index (χ3v) is 7.50. The highest BCUT2D eigenvalue weighted by Crippen LogP contribution is 2.37. The Morgan fingerprint density at radius 3 is 2.39 bits per heavy atom. The second-order valence-electron chi connectivity index (χ2n) is 10.1. The van der Waals surface area contributed by atoms with Gasteiger partial charge >= 0.3 is 5.97 Å². The van der Waals surface area contributed by atoms with Crippen LogP contribution in [0.25, 0.3) is 0 Å². The highest BCUT2D eigenvalue weighted by molar-refractivity contribution is 5.75. The number of fused-ring (bicyclic) bond motifs is 2. The van der Waals surface area contributed by atoms with Crippen molar-refractivity contribution in [2.24, 2.45) is 0 Å². The lowest BCUT2D eigenvalue weighted by atomic mass is 9.91. The molecule has 38 heavy (non-hydrogen) atoms. The van der Waals surface area contributed by atoms with Gasteiger partial charge in [-0.25, -0.2) is 4.79 Å². The van der Waals surface area contributed by atoms with Gasteiger partial charge in [0.05, 0.1) is 12.6 Å². The summed E-state index contributed by atoms with van der Waals surface area (Å²) < 4.78 is 16.6. The average molecular weight is 516 g/mol. The van der Waals surface area contributed by atoms with E-state index >= 15 is 0 Å². The van der Waals surface area contributed by atoms with Crippen molar-refractivity contribution < 1.29 is 19.0 Å². The molecule has 0 fully saturated rings. The third kappa shape index (κ3) is 6.64. The summed E-state index contributed by atoms with van der Waals surface area (Å²) in [5.41, 5.74) is 9.43. The molecule has 0 radical (unpaired) electrons. The quantitative estimate of drug-likeness (QED) is 0.299. The molecule has 0 saturated carbocycles. The Bertz CT molecular complexity index is 1220. The molecule has 0 N–H and O–H groups in total. The summed E-state index contributed by atoms with van der Waals surface area (Å²) in [6.07, 6.45) is 3.05. The highest BCUT2D eigenvalue weighted by Gasteiger charge is 2.27. The van der Waals surface area contributed by atoms with E-state index in [0.29, 0.717) is 19.6 Å². The number of hydrogen-bond acceptors (Lipinski definition) is 5. The Labute approximate surface area is 227 Å². The first-order chi connectivity index (χ1) is 18.4. The number of benzene rings is 3. The topological polar surface area (TPSA) is 48.0 Å². The molecule has 3 aromatic rings. The lowest BCUT2D eigenvalue weighted by Gasteiger charge is -2.31. The van der Waals surface area contributed by atoms with Gasteiger partial charge in [-0.15, -0.1) is 0 Å². The third-order valence-electron chi connectivity index (χ3n) is 7.50. The van der Waals surface area contributed by atoms with Gasteiger partial charge in [0, 0.05) is 20.1 Å². The van der Waals surface area contributed by atoms with E-state index in [2.05, 4.69) is 62.2 Å². The molecule has 0 heterocycles. The van der Waals surface area contributed by atoms with Crippen molar-refractivity contribution in [3.8, 4) is 5.75 Å². The van der Waals surface area contributed by atoms with Crippen molar-refractivity contribution in [3.05, 3.63) is 99.6 Å². The van der Waals surface area contributed by atoms with Crippen LogP contribution in [0.5, 0.6) is 5.75 Å². The molecular formula is C33H41NO4. The van der Waals surface area contributed by atoms with Crippen molar-refractivity contribution in [1.29, 1.82) is 0 Å². The average Bonchev–Trinajstić information content (AvgIpc) is 3.08. The molecular weight excluding hydrogens is 474 g/mol. The zero-order valence-electron chi connectivity index (χ0n) is 23.5. The first-order valence-electron chi connectivity index (χ1n) is 13.8. The van der Waals surface area contributed by atoms with Gasteiger partial charge in [-0.05, 0) is 85.7 Å². The molecule has 202 valence electrons. The Kier molecular flexibility index (Phi) is 9.59. The number of rotatable bonds is 11. The lowest BCUT2D eigenvalue weighted by Crippen LogP contribution is -2.30. The molecule has 0 aliphatic heterocycles. The second-order valence-corrected chi connectivity index (χ2v) is 10.1. The smallest absolute Gasteiger partial charge is 0.335 e. The van der Waals surface area contributed by atoms with Gasteiger partial charge in [-0.1, -0.05) is 61.0 Å². The van der Waals surface area contributed by atoms with Crippen LogP contribution in [0.15, 0.2) is 60.7 Å². The number of hydrogen-bond donors (Lipinski definition) is 0. The molecule has 2 atom stereocenters. The van der Waals surface area contributed by atoms with Crippen LogP contribution in [0.3, 0.4) is 0 Å². The van der Waals surface area contributed by atoms with Crippen molar-refractivity contribution >= 4 is 5.97 Å². The standard InChI is InChI=1S/C33H41NO4/c1-6-24-9-12-26-13-14-27-20-23(3)8-17-29(27)32(30(26)21-24)34(4)18-19-38-28-15-10-25(11-16-28)22-31(36-5)33(35)37-7-2/h8-12,15-17,20-21,31-32H,6-7,13-14,18-19,22H2,1-5H3. The van der Waals surface area contributed by atoms with Crippen molar-refractivity contribution in [2.45, 2.75) is 58.6 Å². The number of esters is 1. The normalized spacial score (nSPS) is 15.4. The van der Waals surface area contributed by atoms with Crippen LogP contribution in [-0.2, 0) is 40.0 Å². The number of methoxy groups -OCH3 is 1. The summed E-state index contributed by atoms with van der Waals surface area (Å²) in [6, 6.07) is 22.0. The first kappa shape index (κ1) is 27.9. The molecule has 1 aliphatic carbocycles. The second kappa shape index (κ2) is 13.1. The lowest BCUT2D eigenvalue weighted by molar-refractivity contribution is -0.154. The van der Waals surface area contributed by atoms with Gasteiger partial charge in [0.1, 0.15) is 12.4 Å². The highest BCUT2D eigenvalue weighted by atomic mass is 16.6. The number of likely N-dealkylation sites (N-methyl/N-ethyl adjacent to an activating group) is 1. The van der Waals surface area contributed by atoms with Crippen molar-refractivity contribution in [2.75, 3.05) is 33.9 Å². The molecule has 0 bridgehead atoms. The Morgan fingerprint density at radius 1 is 0.947 bits per heavy atom. The van der Waals surface area contributed by atoms with Crippen LogP contribution >= 0.6 is 0 Å². The van der Waals surface area contributed by atoms with Gasteiger partial charge in [0.15, 0.2) is 6.10 Å². The maximum absolute atomic E-state index is 12.0. The van der Waals surface area contributed by atoms with Crippen LogP contribution in [-0.4, -0.2) is 50.9 Å². The zero-order valence-corrected chi connectivity index (χ0v) is 23.5. The van der Waals surface area contributed by atoms with E-state index in [0.717, 1.165) is 37.1 Å². The molecule has 5 nitrogen and oxygen atoms in total. The van der Waals surface area contributed by atoms with Gasteiger partial charge < -0.3 is 14.2 Å². The summed E-state index contributed by atoms with van der Waals surface area (Å²) in [5, 5.41) is 0. The minimum absolute atomic E-state index is 0.203. The van der Waals surface area contributed by atoms with Crippen LogP contribution in [0.4, 0.5) is 0 Å². The monoisotopic (exact) mass is 515 g/mol. The molecule has 4 rings (SSSR count). The molecule has 0 saturated heterocycles. The van der Waals surface area contributed by atoms with E-state index < -0.39 is 6.10 Å². The van der Waals surface area contributed by atoms with Crippen molar-refractivity contribution in [3.63, 3.8) is 0 Å². The number of nitrogens with zero attached hydrogens (tertiary/aromatic N) is 1. The maximum atomic E-state index is 12.0. The van der Waals surface area contributed by atoms with E-state index in [4.69, 9.17) is 14.2 Å². The molecule has 0 amide bonds.